The number of anilines is 1. The molecule has 0 atom stereocenters. The third kappa shape index (κ3) is 2.37. The first kappa shape index (κ1) is 12.3. The van der Waals surface area contributed by atoms with E-state index in [1.807, 2.05) is 28.9 Å². The zero-order valence-electron chi connectivity index (χ0n) is 9.85. The molecule has 2 heterocycles. The van der Waals surface area contributed by atoms with Crippen molar-refractivity contribution in [2.45, 2.75) is 6.42 Å². The molecule has 0 radical (unpaired) electrons. The summed E-state index contributed by atoms with van der Waals surface area (Å²) in [5.74, 6) is 1.05. The summed E-state index contributed by atoms with van der Waals surface area (Å²) in [6.07, 6.45) is 6.02. The summed E-state index contributed by atoms with van der Waals surface area (Å²) in [4.78, 5) is 8.32. The van der Waals surface area contributed by atoms with E-state index < -0.39 is 0 Å². The number of halogens is 2. The second-order valence-electron chi connectivity index (χ2n) is 4.20. The summed E-state index contributed by atoms with van der Waals surface area (Å²) in [6, 6.07) is 5.42. The predicted octanol–water partition coefficient (Wildman–Crippen LogP) is 3.21. The van der Waals surface area contributed by atoms with Crippen molar-refractivity contribution in [2.24, 2.45) is 0 Å². The zero-order chi connectivity index (χ0) is 13.4. The van der Waals surface area contributed by atoms with Crippen LogP contribution in [0.4, 0.5) is 5.82 Å². The number of hydrogen-bond acceptors (Lipinski definition) is 3. The van der Waals surface area contributed by atoms with Crippen LogP contribution in [-0.2, 0) is 6.42 Å². The molecule has 0 amide bonds. The highest BCUT2D eigenvalue weighted by Crippen LogP contribution is 2.24. The van der Waals surface area contributed by atoms with Crippen LogP contribution in [0.2, 0.25) is 10.0 Å². The molecule has 2 N–H and O–H groups in total. The van der Waals surface area contributed by atoms with Gasteiger partial charge in [0.05, 0.1) is 0 Å². The Balaban J connectivity index is 2.02. The number of fused-ring (bicyclic) bond motifs is 1. The Hall–Kier alpha value is -1.78. The fraction of sp³-hybridized carbons (Fsp3) is 0.0769. The van der Waals surface area contributed by atoms with Gasteiger partial charge in [-0.2, -0.15) is 4.98 Å². The van der Waals surface area contributed by atoms with Crippen molar-refractivity contribution in [1.82, 2.24) is 14.4 Å². The second-order valence-corrected chi connectivity index (χ2v) is 5.04. The molecule has 0 bridgehead atoms. The minimum absolute atomic E-state index is 0.463. The SMILES string of the molecule is Nc1nc2nccn2cc1Cc1ccc(Cl)cc1Cl. The molecule has 3 aromatic rings. The van der Waals surface area contributed by atoms with Crippen molar-refractivity contribution in [1.29, 1.82) is 0 Å². The molecule has 96 valence electrons. The number of nitrogens with two attached hydrogens (primary N) is 1. The lowest BCUT2D eigenvalue weighted by atomic mass is 10.1. The molecule has 1 aromatic carbocycles. The van der Waals surface area contributed by atoms with E-state index in [0.717, 1.165) is 11.1 Å². The van der Waals surface area contributed by atoms with Crippen LogP contribution < -0.4 is 5.73 Å². The van der Waals surface area contributed by atoms with E-state index in [-0.39, 0.29) is 0 Å². The maximum Gasteiger partial charge on any atom is 0.235 e. The average Bonchev–Trinajstić information content (AvgIpc) is 2.80. The third-order valence-corrected chi connectivity index (χ3v) is 3.48. The lowest BCUT2D eigenvalue weighted by molar-refractivity contribution is 1.05. The number of imidazole rings is 1. The number of nitrogen functional groups attached to an aromatic ring is 1. The normalized spacial score (nSPS) is 11.1. The van der Waals surface area contributed by atoms with Crippen LogP contribution >= 0.6 is 23.2 Å². The molecule has 19 heavy (non-hydrogen) atoms. The molecule has 2 aromatic heterocycles. The van der Waals surface area contributed by atoms with Crippen molar-refractivity contribution in [3.63, 3.8) is 0 Å². The van der Waals surface area contributed by atoms with Crippen LogP contribution in [0, 0.1) is 0 Å². The van der Waals surface area contributed by atoms with Crippen LogP contribution in [-0.4, -0.2) is 14.4 Å². The Labute approximate surface area is 119 Å². The van der Waals surface area contributed by atoms with Gasteiger partial charge in [0.15, 0.2) is 0 Å². The Morgan fingerprint density at radius 2 is 2.05 bits per heavy atom. The second kappa shape index (κ2) is 4.72. The van der Waals surface area contributed by atoms with Gasteiger partial charge in [0.25, 0.3) is 0 Å². The molecule has 4 nitrogen and oxygen atoms in total. The largest absolute Gasteiger partial charge is 0.383 e. The van der Waals surface area contributed by atoms with Crippen molar-refractivity contribution < 1.29 is 0 Å². The van der Waals surface area contributed by atoms with E-state index in [4.69, 9.17) is 28.9 Å². The standard InChI is InChI=1S/C13H10Cl2N4/c14-10-2-1-8(11(15)6-10)5-9-7-19-4-3-17-13(19)18-12(9)16/h1-4,6-7H,5H2,(H2,16,17,18). The summed E-state index contributed by atoms with van der Waals surface area (Å²) in [5, 5.41) is 1.24. The van der Waals surface area contributed by atoms with Gasteiger partial charge < -0.3 is 5.73 Å². The van der Waals surface area contributed by atoms with Crippen molar-refractivity contribution in [3.8, 4) is 0 Å². The minimum Gasteiger partial charge on any atom is -0.383 e. The monoisotopic (exact) mass is 292 g/mol. The van der Waals surface area contributed by atoms with Crippen molar-refractivity contribution in [3.05, 3.63) is 58.0 Å². The van der Waals surface area contributed by atoms with Gasteiger partial charge in [-0.1, -0.05) is 29.3 Å². The molecule has 0 aliphatic rings. The van der Waals surface area contributed by atoms with Crippen LogP contribution in [0.15, 0.2) is 36.8 Å². The molecule has 0 spiro atoms. The van der Waals surface area contributed by atoms with Crippen LogP contribution in [0.25, 0.3) is 5.78 Å². The maximum absolute atomic E-state index is 6.16. The molecule has 0 aliphatic carbocycles. The number of benzene rings is 1. The molecule has 0 aliphatic heterocycles. The minimum atomic E-state index is 0.463. The summed E-state index contributed by atoms with van der Waals surface area (Å²) in [5.41, 5.74) is 7.80. The van der Waals surface area contributed by atoms with E-state index in [1.165, 1.54) is 0 Å². The van der Waals surface area contributed by atoms with Crippen LogP contribution in [0.1, 0.15) is 11.1 Å². The van der Waals surface area contributed by atoms with Gasteiger partial charge in [-0.05, 0) is 17.7 Å². The van der Waals surface area contributed by atoms with E-state index in [1.54, 1.807) is 12.3 Å². The van der Waals surface area contributed by atoms with Gasteiger partial charge in [-0.3, -0.25) is 4.40 Å². The van der Waals surface area contributed by atoms with Gasteiger partial charge in [0.1, 0.15) is 5.82 Å². The molecule has 3 rings (SSSR count). The maximum atomic E-state index is 6.16. The molecule has 0 unspecified atom stereocenters. The van der Waals surface area contributed by atoms with Crippen molar-refractivity contribution in [2.75, 3.05) is 5.73 Å². The molecule has 0 saturated carbocycles. The van der Waals surface area contributed by atoms with Gasteiger partial charge in [0.2, 0.25) is 5.78 Å². The number of rotatable bonds is 2. The Kier molecular flexibility index (Phi) is 3.05. The Morgan fingerprint density at radius 3 is 2.84 bits per heavy atom. The number of nitrogens with zero attached hydrogens (tertiary/aromatic N) is 3. The smallest absolute Gasteiger partial charge is 0.235 e. The van der Waals surface area contributed by atoms with Crippen LogP contribution in [0.3, 0.4) is 0 Å². The quantitative estimate of drug-likeness (QED) is 0.789. The summed E-state index contributed by atoms with van der Waals surface area (Å²) >= 11 is 12.0. The van der Waals surface area contributed by atoms with Crippen LogP contribution in [0.5, 0.6) is 0 Å². The lowest BCUT2D eigenvalue weighted by Crippen LogP contribution is -2.03. The van der Waals surface area contributed by atoms with Gasteiger partial charge in [-0.15, -0.1) is 0 Å². The Morgan fingerprint density at radius 1 is 1.21 bits per heavy atom. The van der Waals surface area contributed by atoms with Gasteiger partial charge >= 0.3 is 0 Å². The predicted molar refractivity (Wildman–Crippen MR) is 76.7 cm³/mol. The lowest BCUT2D eigenvalue weighted by Gasteiger charge is -2.08. The highest BCUT2D eigenvalue weighted by Gasteiger charge is 2.08. The Bertz CT molecular complexity index is 751. The summed E-state index contributed by atoms with van der Waals surface area (Å²) < 4.78 is 1.83. The van der Waals surface area contributed by atoms with E-state index >= 15 is 0 Å². The molecule has 0 fully saturated rings. The molecule has 0 saturated heterocycles. The first-order valence-electron chi connectivity index (χ1n) is 5.65. The average molecular weight is 293 g/mol. The fourth-order valence-corrected chi connectivity index (χ4v) is 2.39. The van der Waals surface area contributed by atoms with E-state index in [2.05, 4.69) is 9.97 Å². The zero-order valence-corrected chi connectivity index (χ0v) is 11.4. The van der Waals surface area contributed by atoms with E-state index in [9.17, 15) is 0 Å². The van der Waals surface area contributed by atoms with Crippen molar-refractivity contribution >= 4 is 34.8 Å². The summed E-state index contributed by atoms with van der Waals surface area (Å²) in [6.45, 7) is 0. The van der Waals surface area contributed by atoms with Gasteiger partial charge in [0, 0.05) is 40.6 Å². The number of hydrogen-bond donors (Lipinski definition) is 1. The molecule has 6 heteroatoms. The number of aromatic nitrogens is 3. The highest BCUT2D eigenvalue weighted by molar-refractivity contribution is 6.35. The van der Waals surface area contributed by atoms with Gasteiger partial charge in [-0.25, -0.2) is 4.98 Å². The summed E-state index contributed by atoms with van der Waals surface area (Å²) in [7, 11) is 0. The fourth-order valence-electron chi connectivity index (χ4n) is 1.91. The first-order chi connectivity index (χ1) is 9.13. The highest BCUT2D eigenvalue weighted by atomic mass is 35.5. The van der Waals surface area contributed by atoms with E-state index in [0.29, 0.717) is 28.1 Å². The third-order valence-electron chi connectivity index (χ3n) is 2.89. The first-order valence-corrected chi connectivity index (χ1v) is 6.41. The molecular formula is C13H10Cl2N4. The molecular weight excluding hydrogens is 283 g/mol. The topological polar surface area (TPSA) is 56.2 Å².